The summed E-state index contributed by atoms with van der Waals surface area (Å²) in [6, 6.07) is 7.93. The lowest BCUT2D eigenvalue weighted by molar-refractivity contribution is 0.203. The fourth-order valence-electron chi connectivity index (χ4n) is 1.46. The molecule has 0 saturated carbocycles. The fraction of sp³-hybridized carbons (Fsp3) is 0.462. The van der Waals surface area contributed by atoms with Gasteiger partial charge in [-0.15, -0.1) is 0 Å². The van der Waals surface area contributed by atoms with Crippen molar-refractivity contribution in [1.82, 2.24) is 10.6 Å². The average molecular weight is 251 g/mol. The van der Waals surface area contributed by atoms with E-state index in [0.29, 0.717) is 13.2 Å². The highest BCUT2D eigenvalue weighted by Crippen LogP contribution is 2.11. The van der Waals surface area contributed by atoms with Gasteiger partial charge in [0.05, 0.1) is 13.7 Å². The summed E-state index contributed by atoms with van der Waals surface area (Å²) in [5.41, 5.74) is 1.14. The van der Waals surface area contributed by atoms with Crippen molar-refractivity contribution in [1.29, 1.82) is 0 Å². The highest BCUT2D eigenvalue weighted by atomic mass is 16.5. The number of hydrogen-bond acceptors (Lipinski definition) is 3. The molecule has 1 aromatic rings. The Labute approximate surface area is 108 Å². The van der Waals surface area contributed by atoms with Crippen LogP contribution in [0.15, 0.2) is 29.3 Å². The van der Waals surface area contributed by atoms with E-state index in [1.165, 1.54) is 0 Å². The first-order chi connectivity index (χ1) is 8.80. The number of nitrogens with one attached hydrogen (secondary N) is 2. The molecule has 0 unspecified atom stereocenters. The van der Waals surface area contributed by atoms with Gasteiger partial charge in [-0.2, -0.15) is 0 Å². The molecule has 0 atom stereocenters. The van der Waals surface area contributed by atoms with E-state index in [1.807, 2.05) is 24.3 Å². The molecule has 5 heteroatoms. The Morgan fingerprint density at radius 2 is 2.11 bits per heavy atom. The van der Waals surface area contributed by atoms with Crippen LogP contribution in [-0.2, 0) is 11.3 Å². The summed E-state index contributed by atoms with van der Waals surface area (Å²) < 4.78 is 10.1. The van der Waals surface area contributed by atoms with Crippen LogP contribution < -0.4 is 15.4 Å². The zero-order valence-corrected chi connectivity index (χ0v) is 11.2. The van der Waals surface area contributed by atoms with E-state index in [1.54, 1.807) is 21.3 Å². The average Bonchev–Trinajstić information content (AvgIpc) is 2.43. The molecule has 0 aliphatic rings. The molecule has 0 saturated heterocycles. The van der Waals surface area contributed by atoms with Gasteiger partial charge in [0, 0.05) is 27.2 Å². The number of nitrogens with zero attached hydrogens (tertiary/aromatic N) is 1. The van der Waals surface area contributed by atoms with Crippen LogP contribution in [0.3, 0.4) is 0 Å². The molecule has 0 radical (unpaired) electrons. The van der Waals surface area contributed by atoms with E-state index in [-0.39, 0.29) is 0 Å². The number of methoxy groups -OCH3 is 2. The summed E-state index contributed by atoms with van der Waals surface area (Å²) in [6.45, 7) is 2.08. The molecule has 2 N–H and O–H groups in total. The minimum atomic E-state index is 0.653. The molecule has 0 aliphatic carbocycles. The van der Waals surface area contributed by atoms with Gasteiger partial charge in [0.1, 0.15) is 5.75 Å². The van der Waals surface area contributed by atoms with Crippen molar-refractivity contribution in [2.75, 3.05) is 34.4 Å². The van der Waals surface area contributed by atoms with Gasteiger partial charge >= 0.3 is 0 Å². The summed E-state index contributed by atoms with van der Waals surface area (Å²) in [6.07, 6.45) is 0. The molecule has 1 rings (SSSR count). The molecule has 1 aromatic carbocycles. The van der Waals surface area contributed by atoms with Crippen LogP contribution in [0.25, 0.3) is 0 Å². The standard InChI is InChI=1S/C13H21N3O2/c1-14-13(15-7-8-17-2)16-10-11-5-4-6-12(9-11)18-3/h4-6,9H,7-8,10H2,1-3H3,(H2,14,15,16). The van der Waals surface area contributed by atoms with Crippen molar-refractivity contribution in [3.8, 4) is 5.75 Å². The Bertz CT molecular complexity index is 380. The third kappa shape index (κ3) is 5.05. The van der Waals surface area contributed by atoms with Gasteiger partial charge < -0.3 is 20.1 Å². The molecular formula is C13H21N3O2. The molecule has 0 fully saturated rings. The zero-order valence-electron chi connectivity index (χ0n) is 11.2. The summed E-state index contributed by atoms with van der Waals surface area (Å²) in [5.74, 6) is 1.62. The quantitative estimate of drug-likeness (QED) is 0.450. The summed E-state index contributed by atoms with van der Waals surface area (Å²) in [5, 5.41) is 6.38. The van der Waals surface area contributed by atoms with E-state index in [4.69, 9.17) is 9.47 Å². The first kappa shape index (κ1) is 14.3. The SMILES string of the molecule is CN=C(NCCOC)NCc1cccc(OC)c1. The molecule has 0 spiro atoms. The van der Waals surface area contributed by atoms with Gasteiger partial charge in [0.25, 0.3) is 0 Å². The first-order valence-corrected chi connectivity index (χ1v) is 5.86. The smallest absolute Gasteiger partial charge is 0.191 e. The lowest BCUT2D eigenvalue weighted by Gasteiger charge is -2.12. The maximum Gasteiger partial charge on any atom is 0.191 e. The highest BCUT2D eigenvalue weighted by Gasteiger charge is 1.99. The number of hydrogen-bond donors (Lipinski definition) is 2. The molecule has 0 bridgehead atoms. The Morgan fingerprint density at radius 3 is 2.78 bits per heavy atom. The van der Waals surface area contributed by atoms with Crippen LogP contribution in [0, 0.1) is 0 Å². The second kappa shape index (κ2) is 8.36. The first-order valence-electron chi connectivity index (χ1n) is 5.86. The molecule has 0 heterocycles. The Balaban J connectivity index is 2.42. The van der Waals surface area contributed by atoms with Crippen molar-refractivity contribution >= 4 is 5.96 Å². The lowest BCUT2D eigenvalue weighted by atomic mass is 10.2. The van der Waals surface area contributed by atoms with Crippen LogP contribution >= 0.6 is 0 Å². The van der Waals surface area contributed by atoms with Crippen LogP contribution in [0.4, 0.5) is 0 Å². The third-order valence-electron chi connectivity index (χ3n) is 2.42. The van der Waals surface area contributed by atoms with Crippen molar-refractivity contribution in [3.63, 3.8) is 0 Å². The van der Waals surface area contributed by atoms with Crippen LogP contribution in [-0.4, -0.2) is 40.4 Å². The number of ether oxygens (including phenoxy) is 2. The molecule has 0 amide bonds. The Kier molecular flexibility index (Phi) is 6.64. The van der Waals surface area contributed by atoms with Gasteiger partial charge in [-0.3, -0.25) is 4.99 Å². The molecular weight excluding hydrogens is 230 g/mol. The number of guanidine groups is 1. The minimum absolute atomic E-state index is 0.653. The van der Waals surface area contributed by atoms with Crippen LogP contribution in [0.2, 0.25) is 0 Å². The predicted octanol–water partition coefficient (Wildman–Crippen LogP) is 1.01. The maximum absolute atomic E-state index is 5.18. The van der Waals surface area contributed by atoms with E-state index in [9.17, 15) is 0 Å². The third-order valence-corrected chi connectivity index (χ3v) is 2.42. The Hall–Kier alpha value is -1.75. The van der Waals surface area contributed by atoms with Crippen LogP contribution in [0.5, 0.6) is 5.75 Å². The lowest BCUT2D eigenvalue weighted by Crippen LogP contribution is -2.38. The topological polar surface area (TPSA) is 54.9 Å². The molecule has 5 nitrogen and oxygen atoms in total. The summed E-state index contributed by atoms with van der Waals surface area (Å²) >= 11 is 0. The highest BCUT2D eigenvalue weighted by molar-refractivity contribution is 5.79. The predicted molar refractivity (Wildman–Crippen MR) is 73.1 cm³/mol. The number of benzene rings is 1. The zero-order chi connectivity index (χ0) is 13.2. The second-order valence-corrected chi connectivity index (χ2v) is 3.70. The fourth-order valence-corrected chi connectivity index (χ4v) is 1.46. The van der Waals surface area contributed by atoms with Gasteiger partial charge in [-0.05, 0) is 17.7 Å². The van der Waals surface area contributed by atoms with E-state index in [0.717, 1.165) is 23.8 Å². The van der Waals surface area contributed by atoms with Gasteiger partial charge in [-0.1, -0.05) is 12.1 Å². The summed E-state index contributed by atoms with van der Waals surface area (Å²) in [7, 11) is 5.08. The van der Waals surface area contributed by atoms with Gasteiger partial charge in [-0.25, -0.2) is 0 Å². The monoisotopic (exact) mass is 251 g/mol. The van der Waals surface area contributed by atoms with E-state index in [2.05, 4.69) is 15.6 Å². The van der Waals surface area contributed by atoms with E-state index < -0.39 is 0 Å². The molecule has 18 heavy (non-hydrogen) atoms. The summed E-state index contributed by atoms with van der Waals surface area (Å²) in [4.78, 5) is 4.13. The van der Waals surface area contributed by atoms with Crippen molar-refractivity contribution in [2.45, 2.75) is 6.54 Å². The van der Waals surface area contributed by atoms with Crippen LogP contribution in [0.1, 0.15) is 5.56 Å². The largest absolute Gasteiger partial charge is 0.497 e. The molecule has 100 valence electrons. The second-order valence-electron chi connectivity index (χ2n) is 3.70. The van der Waals surface area contributed by atoms with E-state index >= 15 is 0 Å². The van der Waals surface area contributed by atoms with Gasteiger partial charge in [0.2, 0.25) is 0 Å². The molecule has 0 aliphatic heterocycles. The number of rotatable bonds is 6. The normalized spacial score (nSPS) is 11.2. The van der Waals surface area contributed by atoms with Crippen molar-refractivity contribution in [2.24, 2.45) is 4.99 Å². The molecule has 0 aromatic heterocycles. The number of aliphatic imine (C=N–C) groups is 1. The van der Waals surface area contributed by atoms with Gasteiger partial charge in [0.15, 0.2) is 5.96 Å². The Morgan fingerprint density at radius 1 is 1.28 bits per heavy atom. The minimum Gasteiger partial charge on any atom is -0.497 e. The maximum atomic E-state index is 5.18. The van der Waals surface area contributed by atoms with Crippen molar-refractivity contribution < 1.29 is 9.47 Å². The van der Waals surface area contributed by atoms with Crippen molar-refractivity contribution in [3.05, 3.63) is 29.8 Å².